The van der Waals surface area contributed by atoms with Gasteiger partial charge in [0, 0.05) is 68.1 Å². The maximum Gasteiger partial charge on any atom is 0.406 e. The number of fused-ring (bicyclic) bond motifs is 1. The van der Waals surface area contributed by atoms with Crippen molar-refractivity contribution in [2.24, 2.45) is 0 Å². The Morgan fingerprint density at radius 3 is 2.09 bits per heavy atom. The smallest absolute Gasteiger partial charge is 0.378 e. The topological polar surface area (TPSA) is 90.8 Å². The number of benzene rings is 2. The van der Waals surface area contributed by atoms with E-state index in [1.54, 1.807) is 30.3 Å². The molecule has 226 valence electrons. The van der Waals surface area contributed by atoms with E-state index in [2.05, 4.69) is 32.5 Å². The first-order valence-corrected chi connectivity index (χ1v) is 14.2. The molecule has 6 rings (SSSR count). The first-order valence-electron chi connectivity index (χ1n) is 14.2. The number of piperazine rings is 1. The summed E-state index contributed by atoms with van der Waals surface area (Å²) in [5, 5.41) is 6.22. The van der Waals surface area contributed by atoms with Crippen molar-refractivity contribution in [1.29, 1.82) is 0 Å². The molecule has 4 aromatic rings. The molecule has 0 saturated carbocycles. The van der Waals surface area contributed by atoms with Crippen LogP contribution in [0.15, 0.2) is 60.8 Å². The predicted octanol–water partition coefficient (Wildman–Crippen LogP) is 4.89. The maximum absolute atomic E-state index is 13.3. The summed E-state index contributed by atoms with van der Waals surface area (Å²) in [5.74, 6) is 0.872. The number of morpholine rings is 1. The summed E-state index contributed by atoms with van der Waals surface area (Å²) in [5.41, 5.74) is 3.17. The Morgan fingerprint density at radius 1 is 0.837 bits per heavy atom. The van der Waals surface area contributed by atoms with Crippen LogP contribution < -0.4 is 20.4 Å². The van der Waals surface area contributed by atoms with E-state index in [9.17, 15) is 18.0 Å². The quantitative estimate of drug-likeness (QED) is 0.329. The average Bonchev–Trinajstić information content (AvgIpc) is 3.39. The summed E-state index contributed by atoms with van der Waals surface area (Å²) in [6.45, 7) is 4.98. The second kappa shape index (κ2) is 12.1. The summed E-state index contributed by atoms with van der Waals surface area (Å²) in [4.78, 5) is 28.6. The SMILES string of the molecule is CN1CCN(c2ccc(NC(=O)Nc3ccc(-c4nc(N5CCOCC5)c5ccn(CC(F)(F)F)c5n4)cc3)cc2)CC1. The summed E-state index contributed by atoms with van der Waals surface area (Å²) in [6, 6.07) is 15.9. The minimum Gasteiger partial charge on any atom is -0.378 e. The average molecular weight is 595 g/mol. The van der Waals surface area contributed by atoms with Crippen LogP contribution in [-0.2, 0) is 11.3 Å². The molecule has 2 saturated heterocycles. The number of rotatable bonds is 6. The minimum absolute atomic E-state index is 0.212. The second-order valence-corrected chi connectivity index (χ2v) is 10.8. The Hall–Kier alpha value is -4.36. The lowest BCUT2D eigenvalue weighted by molar-refractivity contribution is -0.139. The van der Waals surface area contributed by atoms with Crippen molar-refractivity contribution in [3.8, 4) is 11.4 Å². The molecule has 2 amide bonds. The zero-order valence-electron chi connectivity index (χ0n) is 23.8. The molecule has 2 aromatic carbocycles. The molecule has 0 aliphatic carbocycles. The molecule has 2 aliphatic heterocycles. The van der Waals surface area contributed by atoms with Crippen molar-refractivity contribution in [3.63, 3.8) is 0 Å². The zero-order chi connectivity index (χ0) is 30.0. The fourth-order valence-electron chi connectivity index (χ4n) is 5.33. The van der Waals surface area contributed by atoms with Gasteiger partial charge in [-0.15, -0.1) is 0 Å². The van der Waals surface area contributed by atoms with Gasteiger partial charge in [0.25, 0.3) is 0 Å². The standard InChI is InChI=1S/C30H33F3N8O2/c1-38-12-14-39(15-13-38)24-8-6-23(7-9-24)35-29(42)34-22-4-2-21(3-5-22)26-36-27(40-16-18-43-19-17-40)25-10-11-41(28(25)37-26)20-30(31,32)33/h2-11H,12-20H2,1H3,(H2,34,35,42). The Morgan fingerprint density at radius 2 is 1.47 bits per heavy atom. The van der Waals surface area contributed by atoms with Crippen molar-refractivity contribution in [1.82, 2.24) is 19.4 Å². The van der Waals surface area contributed by atoms with Crippen molar-refractivity contribution in [2.45, 2.75) is 12.7 Å². The van der Waals surface area contributed by atoms with Gasteiger partial charge in [-0.25, -0.2) is 14.8 Å². The molecule has 10 nitrogen and oxygen atoms in total. The highest BCUT2D eigenvalue weighted by Gasteiger charge is 2.30. The summed E-state index contributed by atoms with van der Waals surface area (Å²) < 4.78 is 46.4. The number of anilines is 4. The number of nitrogens with one attached hydrogen (secondary N) is 2. The van der Waals surface area contributed by atoms with Crippen LogP contribution in [0.4, 0.5) is 40.8 Å². The Balaban J connectivity index is 1.16. The van der Waals surface area contributed by atoms with E-state index in [0.29, 0.717) is 60.3 Å². The number of likely N-dealkylation sites (N-methyl/N-ethyl adjacent to an activating group) is 1. The van der Waals surface area contributed by atoms with Crippen molar-refractivity contribution >= 4 is 39.9 Å². The van der Waals surface area contributed by atoms with E-state index in [1.807, 2.05) is 29.2 Å². The number of aromatic nitrogens is 3. The lowest BCUT2D eigenvalue weighted by atomic mass is 10.2. The van der Waals surface area contributed by atoms with E-state index >= 15 is 0 Å². The lowest BCUT2D eigenvalue weighted by Gasteiger charge is -2.34. The molecule has 0 radical (unpaired) electrons. The number of nitrogens with zero attached hydrogens (tertiary/aromatic N) is 6. The number of ether oxygens (including phenoxy) is 1. The molecule has 4 heterocycles. The second-order valence-electron chi connectivity index (χ2n) is 10.8. The molecular formula is C30H33F3N8O2. The number of hydrogen-bond donors (Lipinski definition) is 2. The monoisotopic (exact) mass is 594 g/mol. The molecule has 2 aromatic heterocycles. The lowest BCUT2D eigenvalue weighted by Crippen LogP contribution is -2.44. The highest BCUT2D eigenvalue weighted by Crippen LogP contribution is 2.31. The van der Waals surface area contributed by atoms with Crippen LogP contribution in [0.3, 0.4) is 0 Å². The number of alkyl halides is 3. The van der Waals surface area contributed by atoms with E-state index in [-0.39, 0.29) is 5.65 Å². The molecule has 0 spiro atoms. The summed E-state index contributed by atoms with van der Waals surface area (Å²) in [6.07, 6.45) is -3.00. The Kier molecular flexibility index (Phi) is 8.08. The normalized spacial score (nSPS) is 16.5. The van der Waals surface area contributed by atoms with Gasteiger partial charge in [-0.05, 0) is 61.6 Å². The molecule has 2 fully saturated rings. The predicted molar refractivity (Wildman–Crippen MR) is 161 cm³/mol. The van der Waals surface area contributed by atoms with Crippen LogP contribution in [0.2, 0.25) is 0 Å². The van der Waals surface area contributed by atoms with Gasteiger partial charge in [0.2, 0.25) is 0 Å². The number of hydrogen-bond acceptors (Lipinski definition) is 7. The van der Waals surface area contributed by atoms with Crippen molar-refractivity contribution in [2.75, 3.05) is 80.0 Å². The fraction of sp³-hybridized carbons (Fsp3) is 0.367. The number of carbonyl (C=O) groups is 1. The van der Waals surface area contributed by atoms with Gasteiger partial charge in [-0.1, -0.05) is 0 Å². The van der Waals surface area contributed by atoms with Crippen LogP contribution in [0.25, 0.3) is 22.4 Å². The summed E-state index contributed by atoms with van der Waals surface area (Å²) >= 11 is 0. The first kappa shape index (κ1) is 28.7. The molecule has 2 N–H and O–H groups in total. The highest BCUT2D eigenvalue weighted by atomic mass is 19.4. The number of halogens is 3. The fourth-order valence-corrected chi connectivity index (χ4v) is 5.33. The van der Waals surface area contributed by atoms with Crippen LogP contribution >= 0.6 is 0 Å². The van der Waals surface area contributed by atoms with Gasteiger partial charge in [0.05, 0.1) is 18.6 Å². The van der Waals surface area contributed by atoms with Gasteiger partial charge >= 0.3 is 12.2 Å². The van der Waals surface area contributed by atoms with Crippen LogP contribution in [0, 0.1) is 0 Å². The minimum atomic E-state index is -4.39. The van der Waals surface area contributed by atoms with Crippen LogP contribution in [0.1, 0.15) is 0 Å². The van der Waals surface area contributed by atoms with Gasteiger partial charge in [-0.3, -0.25) is 0 Å². The zero-order valence-corrected chi connectivity index (χ0v) is 23.8. The Labute approximate surface area is 247 Å². The molecular weight excluding hydrogens is 561 g/mol. The van der Waals surface area contributed by atoms with Crippen molar-refractivity contribution < 1.29 is 22.7 Å². The molecule has 43 heavy (non-hydrogen) atoms. The third-order valence-corrected chi connectivity index (χ3v) is 7.65. The maximum atomic E-state index is 13.3. The van der Waals surface area contributed by atoms with Gasteiger partial charge in [0.1, 0.15) is 18.0 Å². The largest absolute Gasteiger partial charge is 0.406 e. The van der Waals surface area contributed by atoms with E-state index in [0.717, 1.165) is 36.4 Å². The number of carbonyl (C=O) groups excluding carboxylic acids is 1. The summed E-state index contributed by atoms with van der Waals surface area (Å²) in [7, 11) is 2.12. The van der Waals surface area contributed by atoms with E-state index in [1.165, 1.54) is 6.20 Å². The van der Waals surface area contributed by atoms with Gasteiger partial charge in [-0.2, -0.15) is 13.2 Å². The molecule has 0 unspecified atom stereocenters. The molecule has 13 heteroatoms. The number of amides is 2. The van der Waals surface area contributed by atoms with Crippen LogP contribution in [0.5, 0.6) is 0 Å². The number of urea groups is 1. The third-order valence-electron chi connectivity index (χ3n) is 7.65. The molecule has 0 atom stereocenters. The Bertz CT molecular complexity index is 1560. The third kappa shape index (κ3) is 6.83. The van der Waals surface area contributed by atoms with E-state index in [4.69, 9.17) is 9.72 Å². The van der Waals surface area contributed by atoms with Gasteiger partial charge in [0.15, 0.2) is 5.82 Å². The first-order chi connectivity index (χ1) is 20.7. The van der Waals surface area contributed by atoms with Crippen LogP contribution in [-0.4, -0.2) is 91.2 Å². The molecule has 2 aliphatic rings. The molecule has 0 bridgehead atoms. The van der Waals surface area contributed by atoms with Crippen molar-refractivity contribution in [3.05, 3.63) is 60.8 Å². The van der Waals surface area contributed by atoms with Gasteiger partial charge < -0.3 is 34.6 Å². The highest BCUT2D eigenvalue weighted by molar-refractivity contribution is 6.00. The van der Waals surface area contributed by atoms with E-state index < -0.39 is 18.8 Å².